The molecule has 17 nitrogen and oxygen atoms in total. The molecule has 0 saturated carbocycles. The van der Waals surface area contributed by atoms with Crippen molar-refractivity contribution in [3.63, 3.8) is 0 Å². The molecule has 3 rings (SSSR count). The molecule has 2 heterocycles. The standard InChI is InChI=1S/C15H15N7O10/c23-13-3-4-14(24)19(13)32-15(25)17-5-7-18(8-6-17)22(30)16-31-12-2-1-10(20(26)27)9-11(12)21(28)29/h1-2,9H,3-8H2/b22-16+. The Morgan fingerprint density at radius 1 is 0.969 bits per heavy atom. The lowest BCUT2D eigenvalue weighted by molar-refractivity contribution is -0.708. The number of benzene rings is 1. The number of piperazine rings is 1. The number of carbonyl (C=O) groups excluding carboxylic acids is 3. The first-order valence-corrected chi connectivity index (χ1v) is 9.03. The summed E-state index contributed by atoms with van der Waals surface area (Å²) in [4.78, 5) is 65.9. The van der Waals surface area contributed by atoms with E-state index in [9.17, 15) is 39.8 Å². The van der Waals surface area contributed by atoms with Crippen LogP contribution in [-0.4, -0.2) is 73.9 Å². The molecule has 0 N–H and O–H groups in total. The van der Waals surface area contributed by atoms with Crippen LogP contribution >= 0.6 is 0 Å². The summed E-state index contributed by atoms with van der Waals surface area (Å²) in [5, 5.41) is 38.6. The van der Waals surface area contributed by atoms with Crippen molar-refractivity contribution in [2.75, 3.05) is 26.2 Å². The van der Waals surface area contributed by atoms with E-state index >= 15 is 0 Å². The number of amides is 3. The zero-order chi connectivity index (χ0) is 23.4. The molecule has 170 valence electrons. The second-order valence-corrected chi connectivity index (χ2v) is 6.47. The van der Waals surface area contributed by atoms with Gasteiger partial charge < -0.3 is 14.9 Å². The number of hydroxylamine groups is 2. The third kappa shape index (κ3) is 4.77. The largest absolute Gasteiger partial charge is 0.569 e. The normalized spacial score (nSPS) is 16.9. The average molecular weight is 453 g/mol. The van der Waals surface area contributed by atoms with E-state index in [2.05, 4.69) is 5.28 Å². The quantitative estimate of drug-likeness (QED) is 0.190. The van der Waals surface area contributed by atoms with Gasteiger partial charge in [0, 0.05) is 32.0 Å². The lowest BCUT2D eigenvalue weighted by Crippen LogP contribution is -2.52. The van der Waals surface area contributed by atoms with E-state index in [0.717, 1.165) is 17.1 Å². The molecule has 2 aliphatic heterocycles. The lowest BCUT2D eigenvalue weighted by atomic mass is 10.2. The van der Waals surface area contributed by atoms with Gasteiger partial charge in [0.05, 0.1) is 34.0 Å². The number of non-ortho nitro benzene ring substituents is 1. The summed E-state index contributed by atoms with van der Waals surface area (Å²) in [6, 6.07) is 2.55. The highest BCUT2D eigenvalue weighted by molar-refractivity contribution is 6.01. The van der Waals surface area contributed by atoms with Gasteiger partial charge in [-0.05, 0) is 6.07 Å². The van der Waals surface area contributed by atoms with Gasteiger partial charge in [0.15, 0.2) is 0 Å². The molecule has 32 heavy (non-hydrogen) atoms. The highest BCUT2D eigenvalue weighted by Crippen LogP contribution is 2.31. The van der Waals surface area contributed by atoms with Crippen molar-refractivity contribution < 1.29 is 38.9 Å². The van der Waals surface area contributed by atoms with Crippen molar-refractivity contribution in [3.8, 4) is 5.75 Å². The van der Waals surface area contributed by atoms with Crippen LogP contribution in [0.25, 0.3) is 0 Å². The Hall–Kier alpha value is -4.57. The molecular weight excluding hydrogens is 438 g/mol. The van der Waals surface area contributed by atoms with E-state index in [0.29, 0.717) is 11.1 Å². The van der Waals surface area contributed by atoms with Crippen LogP contribution in [0.4, 0.5) is 16.2 Å². The number of carbonyl (C=O) groups is 3. The minimum Gasteiger partial charge on any atom is -0.569 e. The summed E-state index contributed by atoms with van der Waals surface area (Å²) >= 11 is 0. The summed E-state index contributed by atoms with van der Waals surface area (Å²) in [6.07, 6.45) is -1.01. The number of nitrogens with zero attached hydrogens (tertiary/aromatic N) is 7. The van der Waals surface area contributed by atoms with E-state index < -0.39 is 44.9 Å². The maximum absolute atomic E-state index is 12.1. The van der Waals surface area contributed by atoms with Crippen molar-refractivity contribution in [1.82, 2.24) is 15.0 Å². The summed E-state index contributed by atoms with van der Waals surface area (Å²) in [6.45, 7) is -0.0899. The second-order valence-electron chi connectivity index (χ2n) is 6.47. The lowest BCUT2D eigenvalue weighted by Gasteiger charge is -2.31. The fraction of sp³-hybridized carbons (Fsp3) is 0.400. The molecule has 2 fully saturated rings. The van der Waals surface area contributed by atoms with Crippen LogP contribution in [0.3, 0.4) is 0 Å². The Morgan fingerprint density at radius 2 is 1.59 bits per heavy atom. The van der Waals surface area contributed by atoms with Crippen LogP contribution in [0.2, 0.25) is 0 Å². The smallest absolute Gasteiger partial charge is 0.434 e. The molecule has 0 aromatic heterocycles. The van der Waals surface area contributed by atoms with Crippen molar-refractivity contribution in [2.45, 2.75) is 12.8 Å². The zero-order valence-corrected chi connectivity index (χ0v) is 16.2. The summed E-state index contributed by atoms with van der Waals surface area (Å²) < 4.78 is 0. The SMILES string of the molecule is O=C(ON1C(=O)CCC1=O)N1CCN(/[N+]([O-])=N\Oc2ccc([N+](=O)[O-])cc2[N+](=O)[O-])CC1. The summed E-state index contributed by atoms with van der Waals surface area (Å²) in [7, 11) is 0. The fourth-order valence-corrected chi connectivity index (χ4v) is 2.81. The van der Waals surface area contributed by atoms with E-state index in [1.165, 1.54) is 4.90 Å². The highest BCUT2D eigenvalue weighted by Gasteiger charge is 2.35. The molecule has 1 aromatic rings. The number of hydrogen-bond acceptors (Lipinski definition) is 11. The first kappa shape index (κ1) is 22.1. The zero-order valence-electron chi connectivity index (χ0n) is 16.2. The Labute approximate surface area is 177 Å². The van der Waals surface area contributed by atoms with E-state index in [4.69, 9.17) is 9.68 Å². The van der Waals surface area contributed by atoms with Gasteiger partial charge >= 0.3 is 11.8 Å². The molecule has 0 unspecified atom stereocenters. The van der Waals surface area contributed by atoms with E-state index in [1.807, 2.05) is 0 Å². The Balaban J connectivity index is 1.57. The van der Waals surface area contributed by atoms with Crippen LogP contribution in [0.15, 0.2) is 23.5 Å². The van der Waals surface area contributed by atoms with Crippen LogP contribution in [0.5, 0.6) is 5.75 Å². The molecule has 3 amide bonds. The van der Waals surface area contributed by atoms with Crippen molar-refractivity contribution >= 4 is 29.3 Å². The van der Waals surface area contributed by atoms with Gasteiger partial charge in [-0.1, -0.05) is 0 Å². The van der Waals surface area contributed by atoms with Crippen molar-refractivity contribution in [2.24, 2.45) is 5.28 Å². The van der Waals surface area contributed by atoms with Crippen LogP contribution in [-0.2, 0) is 14.4 Å². The minimum absolute atomic E-state index is 0.0129. The Kier molecular flexibility index (Phi) is 6.26. The third-order valence-electron chi connectivity index (χ3n) is 4.49. The average Bonchev–Trinajstić information content (AvgIpc) is 3.09. The van der Waals surface area contributed by atoms with E-state index in [1.54, 1.807) is 0 Å². The second kappa shape index (κ2) is 9.06. The fourth-order valence-electron chi connectivity index (χ4n) is 2.81. The maximum atomic E-state index is 12.1. The third-order valence-corrected chi connectivity index (χ3v) is 4.49. The molecule has 17 heteroatoms. The molecule has 0 aliphatic carbocycles. The molecule has 2 aliphatic rings. The molecule has 2 saturated heterocycles. The van der Waals surface area contributed by atoms with Gasteiger partial charge in [-0.3, -0.25) is 34.7 Å². The molecule has 0 spiro atoms. The number of nitro benzene ring substituents is 2. The molecular formula is C15H15N7O10. The number of hydrazine groups is 1. The Bertz CT molecular complexity index is 988. The van der Waals surface area contributed by atoms with E-state index in [-0.39, 0.29) is 44.0 Å². The van der Waals surface area contributed by atoms with Crippen molar-refractivity contribution in [3.05, 3.63) is 43.6 Å². The topological polar surface area (TPSA) is 204 Å². The summed E-state index contributed by atoms with van der Waals surface area (Å²) in [5.41, 5.74) is -1.29. The van der Waals surface area contributed by atoms with Gasteiger partial charge in [-0.2, -0.15) is 0 Å². The first-order valence-electron chi connectivity index (χ1n) is 9.03. The number of nitro groups is 2. The van der Waals surface area contributed by atoms with Gasteiger partial charge in [-0.15, -0.1) is 10.1 Å². The molecule has 0 radical (unpaired) electrons. The number of hydrogen-bond donors (Lipinski definition) is 0. The van der Waals surface area contributed by atoms with Crippen LogP contribution < -0.4 is 4.84 Å². The highest BCUT2D eigenvalue weighted by atomic mass is 16.7. The molecule has 0 bridgehead atoms. The predicted molar refractivity (Wildman–Crippen MR) is 97.1 cm³/mol. The minimum atomic E-state index is -0.930. The van der Waals surface area contributed by atoms with Crippen LogP contribution in [0.1, 0.15) is 12.8 Å². The predicted octanol–water partition coefficient (Wildman–Crippen LogP) is 0.492. The molecule has 0 atom stereocenters. The molecule has 1 aromatic carbocycles. The van der Waals surface area contributed by atoms with Crippen molar-refractivity contribution in [1.29, 1.82) is 0 Å². The first-order chi connectivity index (χ1) is 15.2. The Morgan fingerprint density at radius 3 is 2.16 bits per heavy atom. The van der Waals surface area contributed by atoms with Gasteiger partial charge in [-0.25, -0.2) is 4.79 Å². The number of rotatable bonds is 6. The van der Waals surface area contributed by atoms with Crippen LogP contribution in [0, 0.1) is 25.4 Å². The van der Waals surface area contributed by atoms with Gasteiger partial charge in [0.2, 0.25) is 11.0 Å². The summed E-state index contributed by atoms with van der Waals surface area (Å²) in [5.74, 6) is -1.73. The maximum Gasteiger partial charge on any atom is 0.434 e. The van der Waals surface area contributed by atoms with Gasteiger partial charge in [0.1, 0.15) is 0 Å². The van der Waals surface area contributed by atoms with Gasteiger partial charge in [0.25, 0.3) is 17.5 Å². The monoisotopic (exact) mass is 453 g/mol. The number of imide groups is 1.